The van der Waals surface area contributed by atoms with E-state index in [1.807, 2.05) is 51.2 Å². The van der Waals surface area contributed by atoms with Crippen LogP contribution in [0.5, 0.6) is 0 Å². The number of nitrogens with zero attached hydrogens (tertiary/aromatic N) is 2. The zero-order chi connectivity index (χ0) is 15.9. The lowest BCUT2D eigenvalue weighted by molar-refractivity contribution is 0.623. The summed E-state index contributed by atoms with van der Waals surface area (Å²) >= 11 is 0. The molecule has 0 aliphatic rings. The maximum atomic E-state index is 13.6. The Labute approximate surface area is 128 Å². The first-order chi connectivity index (χ1) is 10.5. The van der Waals surface area contributed by atoms with Crippen molar-refractivity contribution in [3.05, 3.63) is 70.0 Å². The monoisotopic (exact) mass is 296 g/mol. The molecule has 0 amide bonds. The number of aryl methyl sites for hydroxylation is 1. The summed E-state index contributed by atoms with van der Waals surface area (Å²) in [5.74, 6) is -0.321. The lowest BCUT2D eigenvalue weighted by atomic mass is 10.0. The third-order valence-electron chi connectivity index (χ3n) is 3.84. The van der Waals surface area contributed by atoms with E-state index in [-0.39, 0.29) is 11.5 Å². The van der Waals surface area contributed by atoms with Crippen LogP contribution in [0.2, 0.25) is 0 Å². The van der Waals surface area contributed by atoms with Gasteiger partial charge in [-0.3, -0.25) is 14.3 Å². The largest absolute Gasteiger partial charge is 0.283 e. The number of halogens is 1. The van der Waals surface area contributed by atoms with Gasteiger partial charge in [0, 0.05) is 6.20 Å². The molecule has 2 aromatic heterocycles. The molecule has 112 valence electrons. The summed E-state index contributed by atoms with van der Waals surface area (Å²) in [5, 5.41) is 0.314. The Kier molecular flexibility index (Phi) is 3.53. The summed E-state index contributed by atoms with van der Waals surface area (Å²) in [6.45, 7) is 6.02. The van der Waals surface area contributed by atoms with Gasteiger partial charge < -0.3 is 0 Å². The molecule has 0 radical (unpaired) electrons. The number of hydrogen-bond donors (Lipinski definition) is 0. The number of para-hydroxylation sites is 1. The van der Waals surface area contributed by atoms with Crippen LogP contribution < -0.4 is 5.56 Å². The smallest absolute Gasteiger partial charge is 0.264 e. The number of fused-ring (bicyclic) bond motifs is 1. The average Bonchev–Trinajstić information content (AvgIpc) is 2.49. The van der Waals surface area contributed by atoms with E-state index in [0.717, 1.165) is 23.0 Å². The molecule has 0 unspecified atom stereocenters. The molecule has 2 heterocycles. The molecule has 3 aromatic rings. The predicted octanol–water partition coefficient (Wildman–Crippen LogP) is 3.96. The molecule has 0 saturated heterocycles. The minimum atomic E-state index is -0.498. The van der Waals surface area contributed by atoms with E-state index in [4.69, 9.17) is 0 Å². The highest BCUT2D eigenvalue weighted by molar-refractivity contribution is 5.81. The lowest BCUT2D eigenvalue weighted by Gasteiger charge is -2.15. The van der Waals surface area contributed by atoms with Gasteiger partial charge in [-0.25, -0.2) is 4.39 Å². The Morgan fingerprint density at radius 2 is 1.95 bits per heavy atom. The molecule has 0 bridgehead atoms. The van der Waals surface area contributed by atoms with Crippen molar-refractivity contribution in [3.63, 3.8) is 0 Å². The second-order valence-corrected chi connectivity index (χ2v) is 5.75. The third-order valence-corrected chi connectivity index (χ3v) is 3.84. The van der Waals surface area contributed by atoms with Crippen LogP contribution in [-0.4, -0.2) is 9.55 Å². The van der Waals surface area contributed by atoms with E-state index >= 15 is 0 Å². The summed E-state index contributed by atoms with van der Waals surface area (Å²) in [6.07, 6.45) is 2.98. The number of aromatic nitrogens is 2. The highest BCUT2D eigenvalue weighted by atomic mass is 19.1. The van der Waals surface area contributed by atoms with Crippen LogP contribution in [0.25, 0.3) is 16.6 Å². The predicted molar refractivity (Wildman–Crippen MR) is 86.1 cm³/mol. The molecule has 0 atom stereocenters. The molecule has 4 heteroatoms. The highest BCUT2D eigenvalue weighted by Crippen LogP contribution is 2.23. The van der Waals surface area contributed by atoms with Crippen LogP contribution in [0.15, 0.2) is 47.5 Å². The third kappa shape index (κ3) is 2.30. The zero-order valence-electron chi connectivity index (χ0n) is 12.8. The lowest BCUT2D eigenvalue weighted by Crippen LogP contribution is -2.21. The molecule has 0 fully saturated rings. The van der Waals surface area contributed by atoms with Crippen molar-refractivity contribution in [1.29, 1.82) is 0 Å². The first kappa shape index (κ1) is 14.4. The number of hydrogen-bond acceptors (Lipinski definition) is 2. The van der Waals surface area contributed by atoms with Crippen LogP contribution in [0.4, 0.5) is 4.39 Å². The van der Waals surface area contributed by atoms with Crippen molar-refractivity contribution in [2.75, 3.05) is 0 Å². The van der Waals surface area contributed by atoms with E-state index in [9.17, 15) is 9.18 Å². The van der Waals surface area contributed by atoms with Gasteiger partial charge in [0.15, 0.2) is 0 Å². The Morgan fingerprint density at radius 3 is 2.64 bits per heavy atom. The number of rotatable bonds is 2. The van der Waals surface area contributed by atoms with Crippen LogP contribution in [-0.2, 0) is 0 Å². The maximum Gasteiger partial charge on any atom is 0.264 e. The van der Waals surface area contributed by atoms with Gasteiger partial charge in [0.05, 0.1) is 22.8 Å². The summed E-state index contributed by atoms with van der Waals surface area (Å²) < 4.78 is 15.1. The van der Waals surface area contributed by atoms with E-state index < -0.39 is 5.82 Å². The van der Waals surface area contributed by atoms with Gasteiger partial charge in [-0.2, -0.15) is 0 Å². The summed E-state index contributed by atoms with van der Waals surface area (Å²) in [4.78, 5) is 16.9. The standard InChI is InChI=1S/C18H17FN2O/c1-11(2)15-10-21(16-7-5-4-6-12(16)3)18(22)14-8-13(19)9-20-17(14)15/h4-11H,1-3H3. The van der Waals surface area contributed by atoms with Crippen molar-refractivity contribution >= 4 is 10.9 Å². The van der Waals surface area contributed by atoms with Gasteiger partial charge in [-0.15, -0.1) is 0 Å². The summed E-state index contributed by atoms with van der Waals surface area (Å²) in [7, 11) is 0. The molecule has 3 rings (SSSR count). The Morgan fingerprint density at radius 1 is 1.23 bits per heavy atom. The maximum absolute atomic E-state index is 13.6. The van der Waals surface area contributed by atoms with E-state index in [2.05, 4.69) is 4.98 Å². The Bertz CT molecular complexity index is 913. The summed E-state index contributed by atoms with van der Waals surface area (Å²) in [6, 6.07) is 8.92. The molecular formula is C18H17FN2O. The fourth-order valence-corrected chi connectivity index (χ4v) is 2.66. The fourth-order valence-electron chi connectivity index (χ4n) is 2.66. The van der Waals surface area contributed by atoms with Crippen molar-refractivity contribution in [2.45, 2.75) is 26.7 Å². The summed E-state index contributed by atoms with van der Waals surface area (Å²) in [5.41, 5.74) is 3.05. The Hall–Kier alpha value is -2.49. The first-order valence-corrected chi connectivity index (χ1v) is 7.26. The van der Waals surface area contributed by atoms with Crippen LogP contribution >= 0.6 is 0 Å². The second kappa shape index (κ2) is 5.37. The molecule has 0 N–H and O–H groups in total. The van der Waals surface area contributed by atoms with E-state index in [0.29, 0.717) is 10.9 Å². The molecule has 0 spiro atoms. The van der Waals surface area contributed by atoms with Crippen LogP contribution in [0.3, 0.4) is 0 Å². The van der Waals surface area contributed by atoms with Crippen molar-refractivity contribution in [1.82, 2.24) is 9.55 Å². The molecule has 0 saturated carbocycles. The quantitative estimate of drug-likeness (QED) is 0.717. The topological polar surface area (TPSA) is 34.9 Å². The van der Waals surface area contributed by atoms with Crippen LogP contribution in [0, 0.1) is 12.7 Å². The SMILES string of the molecule is Cc1ccccc1-n1cc(C(C)C)c2ncc(F)cc2c1=O. The minimum Gasteiger partial charge on any atom is -0.283 e. The van der Waals surface area contributed by atoms with E-state index in [1.165, 1.54) is 6.07 Å². The molecule has 3 nitrogen and oxygen atoms in total. The van der Waals surface area contributed by atoms with Crippen LogP contribution in [0.1, 0.15) is 30.9 Å². The van der Waals surface area contributed by atoms with Gasteiger partial charge in [-0.05, 0) is 36.1 Å². The Balaban J connectivity index is 2.44. The van der Waals surface area contributed by atoms with Gasteiger partial charge in [-0.1, -0.05) is 32.0 Å². The van der Waals surface area contributed by atoms with Gasteiger partial charge in [0.1, 0.15) is 5.82 Å². The molecule has 0 aliphatic carbocycles. The highest BCUT2D eigenvalue weighted by Gasteiger charge is 2.15. The van der Waals surface area contributed by atoms with Crippen molar-refractivity contribution < 1.29 is 4.39 Å². The molecular weight excluding hydrogens is 279 g/mol. The molecule has 22 heavy (non-hydrogen) atoms. The first-order valence-electron chi connectivity index (χ1n) is 7.26. The number of benzene rings is 1. The zero-order valence-corrected chi connectivity index (χ0v) is 12.8. The van der Waals surface area contributed by atoms with Gasteiger partial charge in [0.2, 0.25) is 0 Å². The van der Waals surface area contributed by atoms with Gasteiger partial charge in [0.25, 0.3) is 5.56 Å². The molecule has 1 aromatic carbocycles. The van der Waals surface area contributed by atoms with E-state index in [1.54, 1.807) is 4.57 Å². The fraction of sp³-hybridized carbons (Fsp3) is 0.222. The average molecular weight is 296 g/mol. The second-order valence-electron chi connectivity index (χ2n) is 5.75. The van der Waals surface area contributed by atoms with Crippen molar-refractivity contribution in [2.24, 2.45) is 0 Å². The normalized spacial score (nSPS) is 11.3. The minimum absolute atomic E-state index is 0.177. The van der Waals surface area contributed by atoms with Gasteiger partial charge >= 0.3 is 0 Å². The number of pyridine rings is 2. The molecule has 0 aliphatic heterocycles. The van der Waals surface area contributed by atoms with Crippen molar-refractivity contribution in [3.8, 4) is 5.69 Å².